The van der Waals surface area contributed by atoms with E-state index in [0.29, 0.717) is 0 Å². The van der Waals surface area contributed by atoms with Crippen LogP contribution in [0.5, 0.6) is 0 Å². The zero-order valence-electron chi connectivity index (χ0n) is 23.8. The molecule has 3 nitrogen and oxygen atoms in total. The monoisotopic (exact) mass is 559 g/mol. The van der Waals surface area contributed by atoms with E-state index in [1.807, 2.05) is 6.07 Å². The molecule has 8 aromatic rings. The second kappa shape index (κ2) is 9.82. The quantitative estimate of drug-likeness (QED) is 0.215. The molecule has 1 aliphatic rings. The number of fused-ring (bicyclic) bond motifs is 4. The number of hydrogen-bond acceptors (Lipinski definition) is 3. The van der Waals surface area contributed by atoms with Crippen LogP contribution in [0.4, 0.5) is 0 Å². The van der Waals surface area contributed by atoms with E-state index < -0.39 is 0 Å². The van der Waals surface area contributed by atoms with Crippen molar-refractivity contribution >= 4 is 21.5 Å². The van der Waals surface area contributed by atoms with Gasteiger partial charge in [0.05, 0.1) is 17.6 Å². The smallest absolute Gasteiger partial charge is 0.107 e. The number of nitrogens with zero attached hydrogens (tertiary/aromatic N) is 3. The van der Waals surface area contributed by atoms with Crippen molar-refractivity contribution in [2.24, 2.45) is 0 Å². The summed E-state index contributed by atoms with van der Waals surface area (Å²) in [5.41, 5.74) is 13.7. The molecule has 3 heteroatoms. The van der Waals surface area contributed by atoms with Crippen LogP contribution in [0.25, 0.3) is 88.7 Å². The molecule has 0 saturated heterocycles. The topological polar surface area (TPSA) is 38.7 Å². The number of rotatable bonds is 4. The third-order valence-electron chi connectivity index (χ3n) is 8.77. The lowest BCUT2D eigenvalue weighted by atomic mass is 9.82. The Balaban J connectivity index is 1.39. The van der Waals surface area contributed by atoms with E-state index in [4.69, 9.17) is 4.98 Å². The van der Waals surface area contributed by atoms with Crippen molar-refractivity contribution in [3.8, 4) is 67.2 Å². The molecule has 204 valence electrons. The summed E-state index contributed by atoms with van der Waals surface area (Å²) in [7, 11) is 0. The summed E-state index contributed by atoms with van der Waals surface area (Å²) < 4.78 is 0. The predicted octanol–water partition coefficient (Wildman–Crippen LogP) is 10.5. The lowest BCUT2D eigenvalue weighted by molar-refractivity contribution is 1.18. The number of aromatic nitrogens is 3. The minimum Gasteiger partial charge on any atom is -0.261 e. The third-order valence-corrected chi connectivity index (χ3v) is 8.77. The van der Waals surface area contributed by atoms with Gasteiger partial charge in [0.15, 0.2) is 0 Å². The zero-order valence-corrected chi connectivity index (χ0v) is 23.8. The summed E-state index contributed by atoms with van der Waals surface area (Å²) in [5, 5.41) is 5.00. The Kier molecular flexibility index (Phi) is 5.50. The van der Waals surface area contributed by atoms with Crippen LogP contribution < -0.4 is 0 Å². The van der Waals surface area contributed by atoms with Crippen LogP contribution in [0.15, 0.2) is 152 Å². The maximum absolute atomic E-state index is 5.06. The van der Waals surface area contributed by atoms with Crippen molar-refractivity contribution in [2.75, 3.05) is 0 Å². The lowest BCUT2D eigenvalue weighted by Gasteiger charge is -2.20. The molecular weight excluding hydrogens is 534 g/mol. The SMILES string of the molecule is c1ccc(-c2c3c(c(-c4ccccc4)c4ccccc24)-c2ccc(-c4cccc(-c5cnccn5)n4)c4cccc-3c24)cc1. The standard InChI is InChI=1S/C41H25N3/c1-3-11-26(12-4-1)37-30-15-7-8-16-31(30)38(27-13-5-2-6-14-27)41-33-22-21-28(29-17-9-18-32(39(29)33)40(37)41)34-19-10-20-35(44-34)36-25-42-23-24-43-36/h1-25H. The third kappa shape index (κ3) is 3.66. The Morgan fingerprint density at radius 1 is 0.364 bits per heavy atom. The van der Waals surface area contributed by atoms with Gasteiger partial charge in [-0.25, -0.2) is 4.98 Å². The van der Waals surface area contributed by atoms with E-state index in [1.165, 1.54) is 66.1 Å². The van der Waals surface area contributed by atoms with E-state index in [9.17, 15) is 0 Å². The summed E-state index contributed by atoms with van der Waals surface area (Å²) in [4.78, 5) is 13.8. The summed E-state index contributed by atoms with van der Waals surface area (Å²) in [5.74, 6) is 0. The number of pyridine rings is 1. The molecule has 0 saturated carbocycles. The highest BCUT2D eigenvalue weighted by molar-refractivity contribution is 6.28. The Bertz CT molecular complexity index is 2270. The molecule has 0 aliphatic heterocycles. The Labute approximate surface area is 255 Å². The van der Waals surface area contributed by atoms with Gasteiger partial charge in [-0.15, -0.1) is 0 Å². The van der Waals surface area contributed by atoms with Crippen LogP contribution in [0.1, 0.15) is 0 Å². The van der Waals surface area contributed by atoms with Crippen molar-refractivity contribution in [3.05, 3.63) is 152 Å². The molecule has 6 aromatic carbocycles. The van der Waals surface area contributed by atoms with Gasteiger partial charge in [0, 0.05) is 18.0 Å². The molecule has 9 rings (SSSR count). The van der Waals surface area contributed by atoms with Gasteiger partial charge >= 0.3 is 0 Å². The van der Waals surface area contributed by atoms with E-state index in [-0.39, 0.29) is 0 Å². The van der Waals surface area contributed by atoms with Gasteiger partial charge in [-0.2, -0.15) is 0 Å². The van der Waals surface area contributed by atoms with Crippen molar-refractivity contribution < 1.29 is 0 Å². The Morgan fingerprint density at radius 2 is 0.932 bits per heavy atom. The zero-order chi connectivity index (χ0) is 29.0. The second-order valence-electron chi connectivity index (χ2n) is 11.2. The molecule has 0 unspecified atom stereocenters. The van der Waals surface area contributed by atoms with Crippen LogP contribution in [0, 0.1) is 0 Å². The molecule has 0 fully saturated rings. The lowest BCUT2D eigenvalue weighted by Crippen LogP contribution is -1.93. The predicted molar refractivity (Wildman–Crippen MR) is 181 cm³/mol. The largest absolute Gasteiger partial charge is 0.261 e. The average Bonchev–Trinajstić information content (AvgIpc) is 3.43. The van der Waals surface area contributed by atoms with Crippen LogP contribution >= 0.6 is 0 Å². The first-order valence-electron chi connectivity index (χ1n) is 14.9. The van der Waals surface area contributed by atoms with Gasteiger partial charge in [0.2, 0.25) is 0 Å². The molecule has 0 bridgehead atoms. The van der Waals surface area contributed by atoms with E-state index in [1.54, 1.807) is 18.6 Å². The Hall–Kier alpha value is -5.93. The first-order valence-corrected chi connectivity index (χ1v) is 14.9. The fraction of sp³-hybridized carbons (Fsp3) is 0. The number of benzene rings is 6. The maximum atomic E-state index is 5.06. The summed E-state index contributed by atoms with van der Waals surface area (Å²) in [6.45, 7) is 0. The van der Waals surface area contributed by atoms with E-state index in [2.05, 4.69) is 137 Å². The van der Waals surface area contributed by atoms with Gasteiger partial charge < -0.3 is 0 Å². The van der Waals surface area contributed by atoms with Gasteiger partial charge in [0.25, 0.3) is 0 Å². The molecule has 0 N–H and O–H groups in total. The summed E-state index contributed by atoms with van der Waals surface area (Å²) in [6, 6.07) is 48.0. The van der Waals surface area contributed by atoms with Crippen LogP contribution in [-0.4, -0.2) is 15.0 Å². The highest BCUT2D eigenvalue weighted by Gasteiger charge is 2.31. The first-order chi connectivity index (χ1) is 21.9. The highest BCUT2D eigenvalue weighted by Crippen LogP contribution is 2.58. The van der Waals surface area contributed by atoms with Crippen LogP contribution in [0.3, 0.4) is 0 Å². The molecule has 0 amide bonds. The molecular formula is C41H25N3. The van der Waals surface area contributed by atoms with Crippen molar-refractivity contribution in [3.63, 3.8) is 0 Å². The van der Waals surface area contributed by atoms with Crippen molar-refractivity contribution in [1.82, 2.24) is 15.0 Å². The van der Waals surface area contributed by atoms with Crippen molar-refractivity contribution in [2.45, 2.75) is 0 Å². The van der Waals surface area contributed by atoms with E-state index in [0.717, 1.165) is 22.6 Å². The molecule has 2 heterocycles. The molecule has 44 heavy (non-hydrogen) atoms. The fourth-order valence-electron chi connectivity index (χ4n) is 6.99. The fourth-order valence-corrected chi connectivity index (χ4v) is 6.99. The van der Waals surface area contributed by atoms with Crippen LogP contribution in [-0.2, 0) is 0 Å². The summed E-state index contributed by atoms with van der Waals surface area (Å²) in [6.07, 6.45) is 5.15. The van der Waals surface area contributed by atoms with E-state index >= 15 is 0 Å². The molecule has 0 spiro atoms. The Morgan fingerprint density at radius 3 is 1.59 bits per heavy atom. The first kappa shape index (κ1) is 24.6. The normalized spacial score (nSPS) is 11.6. The van der Waals surface area contributed by atoms with Crippen molar-refractivity contribution in [1.29, 1.82) is 0 Å². The second-order valence-corrected chi connectivity index (χ2v) is 11.2. The minimum absolute atomic E-state index is 0.763. The van der Waals surface area contributed by atoms with Gasteiger partial charge in [-0.1, -0.05) is 121 Å². The number of hydrogen-bond donors (Lipinski definition) is 0. The maximum Gasteiger partial charge on any atom is 0.107 e. The summed E-state index contributed by atoms with van der Waals surface area (Å²) >= 11 is 0. The average molecular weight is 560 g/mol. The molecule has 0 radical (unpaired) electrons. The van der Waals surface area contributed by atoms with Crippen LogP contribution in [0.2, 0.25) is 0 Å². The molecule has 2 aromatic heterocycles. The highest BCUT2D eigenvalue weighted by atomic mass is 14.8. The minimum atomic E-state index is 0.763. The van der Waals surface area contributed by atoms with Gasteiger partial charge in [-0.3, -0.25) is 9.97 Å². The van der Waals surface area contributed by atoms with Gasteiger partial charge in [0.1, 0.15) is 5.69 Å². The molecule has 0 atom stereocenters. The molecule has 1 aliphatic carbocycles. The van der Waals surface area contributed by atoms with Gasteiger partial charge in [-0.05, 0) is 78.2 Å².